The van der Waals surface area contributed by atoms with E-state index in [0.29, 0.717) is 19.8 Å². The second-order valence-electron chi connectivity index (χ2n) is 2.79. The molecule has 0 N–H and O–H groups in total. The van der Waals surface area contributed by atoms with Crippen molar-refractivity contribution in [2.24, 2.45) is 0 Å². The molecule has 6 heteroatoms. The Labute approximate surface area is 91.4 Å². The van der Waals surface area contributed by atoms with Crippen LogP contribution in [-0.2, 0) is 13.3 Å². The molecule has 1 aromatic rings. The summed E-state index contributed by atoms with van der Waals surface area (Å²) in [6.45, 7) is 7.46. The Morgan fingerprint density at radius 2 is 1.60 bits per heavy atom. The minimum atomic E-state index is -2.77. The van der Waals surface area contributed by atoms with E-state index in [9.17, 15) is 0 Å². The van der Waals surface area contributed by atoms with E-state index < -0.39 is 8.97 Å². The molecule has 0 unspecified atom stereocenters. The maximum Gasteiger partial charge on any atom is 0.638 e. The lowest BCUT2D eigenvalue weighted by atomic mass is 10.9. The third-order valence-electron chi connectivity index (χ3n) is 1.80. The maximum atomic E-state index is 5.67. The van der Waals surface area contributed by atoms with Crippen molar-refractivity contribution in [3.8, 4) is 0 Å². The molecule has 0 aliphatic heterocycles. The highest BCUT2D eigenvalue weighted by Gasteiger charge is 2.44. The summed E-state index contributed by atoms with van der Waals surface area (Å²) in [5.41, 5.74) is 0. The van der Waals surface area contributed by atoms with Gasteiger partial charge in [-0.25, -0.2) is 4.98 Å². The molecule has 0 saturated heterocycles. The van der Waals surface area contributed by atoms with E-state index in [0.717, 1.165) is 0 Å². The normalized spacial score (nSPS) is 11.9. The lowest BCUT2D eigenvalue weighted by molar-refractivity contribution is 0.0615. The van der Waals surface area contributed by atoms with Crippen LogP contribution in [0.4, 0.5) is 0 Å². The standard InChI is InChI=1S/C9H18N2O3Si/c1-4-12-15(13-5-2,14-6-3)11-8-7-10-9-11/h7-9H,4-6H2,1-3H3. The molecule has 0 amide bonds. The molecular formula is C9H18N2O3Si. The van der Waals surface area contributed by atoms with E-state index in [4.69, 9.17) is 13.3 Å². The molecule has 0 atom stereocenters. The van der Waals surface area contributed by atoms with Crippen molar-refractivity contribution in [1.82, 2.24) is 9.22 Å². The van der Waals surface area contributed by atoms with Gasteiger partial charge in [0.15, 0.2) is 0 Å². The molecular weight excluding hydrogens is 212 g/mol. The third-order valence-corrected chi connectivity index (χ3v) is 4.66. The summed E-state index contributed by atoms with van der Waals surface area (Å²) in [5.74, 6) is 0. The van der Waals surface area contributed by atoms with Gasteiger partial charge in [0.25, 0.3) is 0 Å². The second kappa shape index (κ2) is 6.01. The minimum Gasteiger partial charge on any atom is -0.356 e. The predicted octanol–water partition coefficient (Wildman–Crippen LogP) is 1.28. The molecule has 0 aliphatic rings. The summed E-state index contributed by atoms with van der Waals surface area (Å²) < 4.78 is 18.8. The number of hydrogen-bond donors (Lipinski definition) is 0. The minimum absolute atomic E-state index is 0.560. The Kier molecular flexibility index (Phi) is 4.96. The number of rotatable bonds is 7. The zero-order chi connectivity index (χ0) is 11.1. The van der Waals surface area contributed by atoms with Gasteiger partial charge in [-0.3, -0.25) is 4.23 Å². The van der Waals surface area contributed by atoms with E-state index in [2.05, 4.69) is 4.98 Å². The SMILES string of the molecule is CCO[Si](OCC)(OCC)n1ccnc1. The monoisotopic (exact) mass is 230 g/mol. The molecule has 1 heterocycles. The predicted molar refractivity (Wildman–Crippen MR) is 58.3 cm³/mol. The molecule has 1 aromatic heterocycles. The molecule has 0 spiro atoms. The lowest BCUT2D eigenvalue weighted by Crippen LogP contribution is -2.52. The van der Waals surface area contributed by atoms with Gasteiger partial charge in [-0.1, -0.05) is 0 Å². The topological polar surface area (TPSA) is 45.5 Å². The number of nitrogens with zero attached hydrogens (tertiary/aromatic N) is 2. The van der Waals surface area contributed by atoms with Gasteiger partial charge in [-0.2, -0.15) is 0 Å². The fourth-order valence-corrected chi connectivity index (χ4v) is 3.57. The number of aromatic nitrogens is 2. The molecule has 86 valence electrons. The van der Waals surface area contributed by atoms with Crippen molar-refractivity contribution in [3.63, 3.8) is 0 Å². The average molecular weight is 230 g/mol. The van der Waals surface area contributed by atoms with Crippen molar-refractivity contribution < 1.29 is 13.3 Å². The van der Waals surface area contributed by atoms with E-state index in [1.807, 2.05) is 31.2 Å². The Morgan fingerprint density at radius 3 is 1.93 bits per heavy atom. The van der Waals surface area contributed by atoms with Crippen molar-refractivity contribution in [3.05, 3.63) is 18.7 Å². The molecule has 0 aromatic carbocycles. The molecule has 1 rings (SSSR count). The molecule has 15 heavy (non-hydrogen) atoms. The van der Waals surface area contributed by atoms with Crippen LogP contribution in [0.2, 0.25) is 0 Å². The zero-order valence-corrected chi connectivity index (χ0v) is 10.5. The zero-order valence-electron chi connectivity index (χ0n) is 9.47. The van der Waals surface area contributed by atoms with E-state index in [1.165, 1.54) is 0 Å². The molecule has 0 aliphatic carbocycles. The second-order valence-corrected chi connectivity index (χ2v) is 5.22. The molecule has 0 fully saturated rings. The van der Waals surface area contributed by atoms with Crippen molar-refractivity contribution in [2.45, 2.75) is 20.8 Å². The van der Waals surface area contributed by atoms with Gasteiger partial charge in [0.2, 0.25) is 0 Å². The first-order chi connectivity index (χ1) is 7.29. The Bertz CT molecular complexity index is 249. The van der Waals surface area contributed by atoms with Gasteiger partial charge in [-0.05, 0) is 20.8 Å². The third kappa shape index (κ3) is 2.88. The summed E-state index contributed by atoms with van der Waals surface area (Å²) in [6, 6.07) is 0. The number of imidazole rings is 1. The highest BCUT2D eigenvalue weighted by molar-refractivity contribution is 6.58. The lowest BCUT2D eigenvalue weighted by Gasteiger charge is -2.27. The van der Waals surface area contributed by atoms with Crippen LogP contribution in [0.25, 0.3) is 0 Å². The van der Waals surface area contributed by atoms with Crippen LogP contribution in [0, 0.1) is 0 Å². The first-order valence-electron chi connectivity index (χ1n) is 5.19. The van der Waals surface area contributed by atoms with Gasteiger partial charge in [0, 0.05) is 32.2 Å². The van der Waals surface area contributed by atoms with Gasteiger partial charge in [0.1, 0.15) is 0 Å². The molecule has 5 nitrogen and oxygen atoms in total. The summed E-state index contributed by atoms with van der Waals surface area (Å²) in [5, 5.41) is 0. The Balaban J connectivity index is 2.90. The van der Waals surface area contributed by atoms with Crippen LogP contribution in [0.1, 0.15) is 20.8 Å². The molecule has 0 saturated carbocycles. The summed E-state index contributed by atoms with van der Waals surface area (Å²) in [4.78, 5) is 3.99. The van der Waals surface area contributed by atoms with Gasteiger partial charge in [-0.15, -0.1) is 0 Å². The molecule has 0 bridgehead atoms. The first kappa shape index (κ1) is 12.4. The quantitative estimate of drug-likeness (QED) is 0.662. The smallest absolute Gasteiger partial charge is 0.356 e. The maximum absolute atomic E-state index is 5.67. The summed E-state index contributed by atoms with van der Waals surface area (Å²) in [7, 11) is -2.77. The van der Waals surface area contributed by atoms with Crippen LogP contribution < -0.4 is 0 Å². The van der Waals surface area contributed by atoms with E-state index in [-0.39, 0.29) is 0 Å². The Hall–Kier alpha value is -0.693. The van der Waals surface area contributed by atoms with Crippen LogP contribution in [0.3, 0.4) is 0 Å². The van der Waals surface area contributed by atoms with E-state index >= 15 is 0 Å². The average Bonchev–Trinajstić information content (AvgIpc) is 2.72. The summed E-state index contributed by atoms with van der Waals surface area (Å²) >= 11 is 0. The van der Waals surface area contributed by atoms with Crippen molar-refractivity contribution in [2.75, 3.05) is 19.8 Å². The van der Waals surface area contributed by atoms with Crippen LogP contribution in [0.15, 0.2) is 18.7 Å². The van der Waals surface area contributed by atoms with Crippen molar-refractivity contribution in [1.29, 1.82) is 0 Å². The van der Waals surface area contributed by atoms with E-state index in [1.54, 1.807) is 12.5 Å². The van der Waals surface area contributed by atoms with Gasteiger partial charge >= 0.3 is 8.97 Å². The highest BCUT2D eigenvalue weighted by Crippen LogP contribution is 2.12. The largest absolute Gasteiger partial charge is 0.638 e. The van der Waals surface area contributed by atoms with Crippen LogP contribution in [0.5, 0.6) is 0 Å². The van der Waals surface area contributed by atoms with Crippen LogP contribution in [-0.4, -0.2) is 38.0 Å². The first-order valence-corrected chi connectivity index (χ1v) is 6.86. The van der Waals surface area contributed by atoms with Gasteiger partial charge < -0.3 is 13.3 Å². The summed E-state index contributed by atoms with van der Waals surface area (Å²) in [6.07, 6.45) is 5.18. The molecule has 0 radical (unpaired) electrons. The fourth-order valence-electron chi connectivity index (χ4n) is 1.32. The van der Waals surface area contributed by atoms with Crippen molar-refractivity contribution >= 4 is 8.97 Å². The van der Waals surface area contributed by atoms with Crippen LogP contribution >= 0.6 is 0 Å². The fraction of sp³-hybridized carbons (Fsp3) is 0.667. The Morgan fingerprint density at radius 1 is 1.07 bits per heavy atom. The number of hydrogen-bond acceptors (Lipinski definition) is 4. The van der Waals surface area contributed by atoms with Gasteiger partial charge in [0.05, 0.1) is 6.33 Å². The highest BCUT2D eigenvalue weighted by atomic mass is 28.4.